The minimum atomic E-state index is -2.50. The quantitative estimate of drug-likeness (QED) is 0.00652. The maximum atomic E-state index is 16.1. The molecule has 0 aromatic heterocycles. The van der Waals surface area contributed by atoms with Gasteiger partial charge in [-0.1, -0.05) is 142 Å². The molecule has 41 heteroatoms. The normalized spacial score (nSPS) is 24.2. The average molecular weight is 2070 g/mol. The summed E-state index contributed by atoms with van der Waals surface area (Å²) in [6.07, 6.45) is -41.7. The number of benzene rings is 8. The van der Waals surface area contributed by atoms with Crippen molar-refractivity contribution in [3.63, 3.8) is 0 Å². The number of unbranched alkanes of at least 4 members (excludes halogenated alkanes) is 2. The number of carbonyl (C=O) groups is 17. The van der Waals surface area contributed by atoms with E-state index >= 15 is 47.9 Å². The number of nitrogens with zero attached hydrogens (tertiary/aromatic N) is 5. The number of rotatable bonds is 42. The maximum absolute atomic E-state index is 16.1. The average Bonchev–Trinajstić information content (AvgIpc) is 1.60. The Labute approximate surface area is 860 Å². The molecule has 8 aromatic rings. The van der Waals surface area contributed by atoms with Crippen molar-refractivity contribution in [2.75, 3.05) is 39.6 Å². The largest absolute Gasteiger partial charge is 0.463 e. The molecule has 0 saturated carbocycles. The van der Waals surface area contributed by atoms with Gasteiger partial charge in [0, 0.05) is 51.7 Å². The third-order valence-electron chi connectivity index (χ3n) is 25.3. The molecule has 8 aromatic carbocycles. The van der Waals surface area contributed by atoms with E-state index in [4.69, 9.17) is 90.0 Å². The third-order valence-corrected chi connectivity index (χ3v) is 25.3. The molecule has 14 rings (SSSR count). The summed E-state index contributed by atoms with van der Waals surface area (Å²) in [6, 6.07) is 41.6. The smallest absolute Gasteiger partial charge is 0.338 e. The Morgan fingerprint density at radius 1 is 0.300 bits per heavy atom. The zero-order chi connectivity index (χ0) is 107. The van der Waals surface area contributed by atoms with Crippen LogP contribution in [0.2, 0.25) is 0 Å². The van der Waals surface area contributed by atoms with Gasteiger partial charge in [-0.3, -0.25) is 53.0 Å². The van der Waals surface area contributed by atoms with E-state index in [0.717, 1.165) is 20.8 Å². The Balaban J connectivity index is 0.971. The SMILES string of the molecule is CC(=O)CCC(=O)OC[C@H]1O[C@@H](O[C@H]2[C@@H](OC(C)=O)[C@@H](COC(C)=O)O[C@@H](OC[C@H]3O[C@@H](OCCCCCN=[N+]=[N-])[C@H](N4C(=O)c5ccccc5C4=O)[C@@H](O[C@@H]4O[C@H](COC(=O)CCC(C)=O)[C@@H](OC(=O)c5ccc(C)cc5)[C@H](OC(=O)c5ccc(C)cc5)[C@H]4OC(=O)c4ccc(C)cc4)[C@H]3OC(C)=O)[C@@H]2N2C(=O)c3ccccc3C2=O)[C@H](OC(=O)c2ccc(C)cc2)[C@@H](OC(=O)c2ccc(C)cc2)[C@@H]1OC(=O)c1ccc(C)cc1. The van der Waals surface area contributed by atoms with E-state index < -0.39 is 269 Å². The number of fused-ring (bicyclic) bond motifs is 2. The van der Waals surface area contributed by atoms with Gasteiger partial charge in [0.1, 0.15) is 80.1 Å². The molecule has 0 unspecified atom stereocenters. The highest BCUT2D eigenvalue weighted by Gasteiger charge is 2.65. The Morgan fingerprint density at radius 2 is 0.573 bits per heavy atom. The lowest BCUT2D eigenvalue weighted by atomic mass is 9.93. The van der Waals surface area contributed by atoms with Crippen LogP contribution in [-0.4, -0.2) is 273 Å². The lowest BCUT2D eigenvalue weighted by Crippen LogP contribution is -2.71. The number of Topliss-reactive ketones (excluding diaryl/α,β-unsaturated/α-hetero) is 2. The molecule has 0 aliphatic carbocycles. The van der Waals surface area contributed by atoms with Crippen LogP contribution in [0, 0.1) is 41.5 Å². The fourth-order valence-corrected chi connectivity index (χ4v) is 17.6. The number of ketones is 2. The van der Waals surface area contributed by atoms with Gasteiger partial charge in [-0.25, -0.2) is 28.8 Å². The molecule has 4 fully saturated rings. The van der Waals surface area contributed by atoms with Crippen LogP contribution in [-0.2, 0) is 124 Å². The number of hydrogen-bond donors (Lipinski definition) is 0. The van der Waals surface area contributed by atoms with Gasteiger partial charge in [0.15, 0.2) is 74.0 Å². The molecule has 6 aliphatic heterocycles. The summed E-state index contributed by atoms with van der Waals surface area (Å²) in [5.74, 6) is -18.1. The van der Waals surface area contributed by atoms with Gasteiger partial charge in [0.05, 0.1) is 75.1 Å². The molecule has 150 heavy (non-hydrogen) atoms. The summed E-state index contributed by atoms with van der Waals surface area (Å²) >= 11 is 0. The van der Waals surface area contributed by atoms with Crippen molar-refractivity contribution in [2.45, 2.75) is 244 Å². The van der Waals surface area contributed by atoms with Gasteiger partial charge in [-0.2, -0.15) is 0 Å². The molecule has 0 N–H and O–H groups in total. The first kappa shape index (κ1) is 110. The highest BCUT2D eigenvalue weighted by molar-refractivity contribution is 6.22. The summed E-state index contributed by atoms with van der Waals surface area (Å²) in [5.41, 5.74) is 11.3. The van der Waals surface area contributed by atoms with Crippen molar-refractivity contribution < 1.29 is 172 Å². The van der Waals surface area contributed by atoms with Gasteiger partial charge < -0.3 is 99.6 Å². The van der Waals surface area contributed by atoms with E-state index in [1.165, 1.54) is 135 Å². The van der Waals surface area contributed by atoms with Crippen molar-refractivity contribution in [2.24, 2.45) is 5.11 Å². The van der Waals surface area contributed by atoms with E-state index in [1.807, 2.05) is 0 Å². The van der Waals surface area contributed by atoms with Gasteiger partial charge in [-0.15, -0.1) is 0 Å². The van der Waals surface area contributed by atoms with Crippen molar-refractivity contribution in [3.05, 3.63) is 294 Å². The second-order valence-corrected chi connectivity index (χ2v) is 36.8. The Hall–Kier alpha value is -15.5. The second kappa shape index (κ2) is 50.5. The van der Waals surface area contributed by atoms with E-state index in [2.05, 4.69) is 10.0 Å². The van der Waals surface area contributed by atoms with Gasteiger partial charge in [-0.05, 0) is 171 Å². The van der Waals surface area contributed by atoms with Crippen LogP contribution in [0.25, 0.3) is 10.4 Å². The molecule has 788 valence electrons. The maximum Gasteiger partial charge on any atom is 0.338 e. The molecule has 20 atom stereocenters. The minimum Gasteiger partial charge on any atom is -0.463 e. The van der Waals surface area contributed by atoms with Crippen molar-refractivity contribution in [3.8, 4) is 0 Å². The lowest BCUT2D eigenvalue weighted by Gasteiger charge is -2.52. The van der Waals surface area contributed by atoms with Crippen LogP contribution in [0.4, 0.5) is 0 Å². The van der Waals surface area contributed by atoms with E-state index in [9.17, 15) is 39.1 Å². The fourth-order valence-electron chi connectivity index (χ4n) is 17.6. The molecular weight excluding hydrogens is 1960 g/mol. The van der Waals surface area contributed by atoms with Crippen LogP contribution >= 0.6 is 0 Å². The number of aryl methyl sites for hydroxylation is 6. The minimum absolute atomic E-state index is 0.00880. The first-order valence-corrected chi connectivity index (χ1v) is 48.4. The highest BCUT2D eigenvalue weighted by Crippen LogP contribution is 2.44. The number of carbonyl (C=O) groups excluding carboxylic acids is 17. The predicted molar refractivity (Wildman–Crippen MR) is 517 cm³/mol. The van der Waals surface area contributed by atoms with Gasteiger partial charge >= 0.3 is 65.7 Å². The standard InChI is InChI=1S/C109H111N5O36/c1-57-23-37-68(38-24-57)100(126)143-88-79(54-134-82(120)49-35-63(7)115)141-108(94(147-104(130)72-45-31-61(5)32-46-72)92(88)145-102(128)70-41-27-59(3)28-42-70)149-90-84(113-96(122)74-19-13-14-20-75(74)97(113)123)106(132-52-18-12-17-51-111-112-110)139-81(87(90)138-67(11)119)56-136-107-85(114-98(124)76-21-15-16-22-77(76)99(114)125)91(86(137-66(10)118)78(140-107)53-133-65(9)117)150-109-95(148-105(131)73-47-33-62(6)34-48-73)93(146-103(129)71-43-29-60(4)30-44-71)89(144-101(127)69-39-25-58(2)26-40-69)80(142-109)55-135-83(121)50-36-64(8)116/h13-16,19-34,37-48,78-81,84-95,106-109H,12,17-18,35-36,49-56H2,1-11H3/t78-,79-,80-,81-,84-,85-,86+,87+,88-,89-,90-,91-,92+,93+,94-,95-,106-,107-,108+,109+/m1/s1. The molecule has 4 amide bonds. The van der Waals surface area contributed by atoms with Crippen LogP contribution < -0.4 is 0 Å². The van der Waals surface area contributed by atoms with Crippen LogP contribution in [0.3, 0.4) is 0 Å². The second-order valence-electron chi connectivity index (χ2n) is 36.8. The summed E-state index contributed by atoms with van der Waals surface area (Å²) in [6.45, 7) is 10.9. The molecule has 0 spiro atoms. The topological polar surface area (TPSA) is 521 Å². The van der Waals surface area contributed by atoms with Crippen molar-refractivity contribution in [1.82, 2.24) is 9.80 Å². The van der Waals surface area contributed by atoms with Gasteiger partial charge in [0.25, 0.3) is 23.6 Å². The van der Waals surface area contributed by atoms with E-state index in [1.54, 1.807) is 114 Å². The number of esters is 11. The van der Waals surface area contributed by atoms with E-state index in [0.29, 0.717) is 43.2 Å². The Bertz CT molecular complexity index is 6320. The third kappa shape index (κ3) is 27.4. The first-order chi connectivity index (χ1) is 71.9. The molecule has 0 bridgehead atoms. The molecule has 6 heterocycles. The zero-order valence-corrected chi connectivity index (χ0v) is 83.6. The molecule has 6 aliphatic rings. The van der Waals surface area contributed by atoms with Crippen molar-refractivity contribution in [1.29, 1.82) is 0 Å². The van der Waals surface area contributed by atoms with Crippen molar-refractivity contribution >= 4 is 101 Å². The molecular formula is C109H111N5O36. The van der Waals surface area contributed by atoms with Gasteiger partial charge in [0.2, 0.25) is 0 Å². The summed E-state index contributed by atoms with van der Waals surface area (Å²) in [4.78, 5) is 255. The van der Waals surface area contributed by atoms with Crippen LogP contribution in [0.1, 0.15) is 217 Å². The molecule has 41 nitrogen and oxygen atoms in total. The highest BCUT2D eigenvalue weighted by atomic mass is 16.8. The zero-order valence-electron chi connectivity index (χ0n) is 83.6. The Kier molecular flexibility index (Phi) is 37.1. The number of azide groups is 1. The lowest BCUT2D eigenvalue weighted by molar-refractivity contribution is -0.360. The van der Waals surface area contributed by atoms with E-state index in [-0.39, 0.29) is 94.3 Å². The molecule has 0 radical (unpaired) electrons. The predicted octanol–water partition coefficient (Wildman–Crippen LogP) is 12.0. The number of amides is 4. The monoisotopic (exact) mass is 2070 g/mol. The summed E-state index contributed by atoms with van der Waals surface area (Å²) in [5, 5.41) is 3.65. The number of hydrogen-bond acceptors (Lipinski definition) is 37. The summed E-state index contributed by atoms with van der Waals surface area (Å²) in [7, 11) is 0. The van der Waals surface area contributed by atoms with Crippen LogP contribution in [0.5, 0.6) is 0 Å². The summed E-state index contributed by atoms with van der Waals surface area (Å²) < 4.78 is 126. The Morgan fingerprint density at radius 3 is 0.867 bits per heavy atom. The molecule has 4 saturated heterocycles. The number of imide groups is 2. The fraction of sp³-hybridized carbons (Fsp3) is 0.404. The van der Waals surface area contributed by atoms with Crippen LogP contribution in [0.15, 0.2) is 199 Å². The first-order valence-electron chi connectivity index (χ1n) is 48.4. The number of ether oxygens (including phenoxy) is 19.